The minimum absolute atomic E-state index is 0.0538. The van der Waals surface area contributed by atoms with E-state index in [0.29, 0.717) is 47.1 Å². The first-order valence-electron chi connectivity index (χ1n) is 11.0. The van der Waals surface area contributed by atoms with Gasteiger partial charge < -0.3 is 25.1 Å². The lowest BCUT2D eigenvalue weighted by Crippen LogP contribution is -2.10. The van der Waals surface area contributed by atoms with Gasteiger partial charge in [0.1, 0.15) is 23.7 Å². The lowest BCUT2D eigenvalue weighted by atomic mass is 9.97. The van der Waals surface area contributed by atoms with Crippen molar-refractivity contribution in [1.29, 1.82) is 0 Å². The Hall–Kier alpha value is -4.26. The molecule has 1 heterocycles. The molecule has 1 aromatic heterocycles. The third-order valence-corrected chi connectivity index (χ3v) is 5.51. The van der Waals surface area contributed by atoms with Crippen LogP contribution in [0.3, 0.4) is 0 Å². The molecule has 0 aliphatic carbocycles. The Kier molecular flexibility index (Phi) is 6.82. The minimum Gasteiger partial charge on any atom is -0.508 e. The normalized spacial score (nSPS) is 10.9. The molecule has 4 rings (SSSR count). The Morgan fingerprint density at radius 1 is 0.941 bits per heavy atom. The number of aryl methyl sites for hydroxylation is 1. The maximum atomic E-state index is 13.4. The predicted molar refractivity (Wildman–Crippen MR) is 127 cm³/mol. The van der Waals surface area contributed by atoms with E-state index >= 15 is 0 Å². The van der Waals surface area contributed by atoms with E-state index < -0.39 is 0 Å². The van der Waals surface area contributed by atoms with Crippen molar-refractivity contribution in [1.82, 2.24) is 0 Å². The third kappa shape index (κ3) is 5.20. The van der Waals surface area contributed by atoms with Gasteiger partial charge in [0.05, 0.1) is 5.56 Å². The fourth-order valence-corrected chi connectivity index (χ4v) is 3.78. The standard InChI is InChI=1S/C27H25NO6/c28-25(31)9-5-4-8-22-26(27(32)18-10-12-19(29)13-11-18)20-14-21(30)24(15-23(20)34-22)33-16-17-6-2-1-3-7-17/h1-3,6-7,10-15,29-30H,4-5,8-9,16H2,(H2,28,31). The van der Waals surface area contributed by atoms with Crippen LogP contribution in [0.25, 0.3) is 11.0 Å². The number of phenolic OH excluding ortho intramolecular Hbond substituents is 2. The van der Waals surface area contributed by atoms with E-state index in [1.807, 2.05) is 30.3 Å². The molecule has 174 valence electrons. The number of hydrogen-bond acceptors (Lipinski definition) is 6. The molecule has 0 fully saturated rings. The summed E-state index contributed by atoms with van der Waals surface area (Å²) in [5.41, 5.74) is 7.29. The van der Waals surface area contributed by atoms with E-state index in [1.165, 1.54) is 30.3 Å². The highest BCUT2D eigenvalue weighted by molar-refractivity contribution is 6.17. The highest BCUT2D eigenvalue weighted by atomic mass is 16.5. The van der Waals surface area contributed by atoms with Gasteiger partial charge in [-0.2, -0.15) is 0 Å². The SMILES string of the molecule is NC(=O)CCCCc1oc2cc(OCc3ccccc3)c(O)cc2c1C(=O)c1ccc(O)cc1. The van der Waals surface area contributed by atoms with Gasteiger partial charge in [-0.05, 0) is 48.7 Å². The van der Waals surface area contributed by atoms with Crippen molar-refractivity contribution in [3.63, 3.8) is 0 Å². The second-order valence-corrected chi connectivity index (χ2v) is 8.04. The molecule has 0 atom stereocenters. The molecule has 0 aliphatic rings. The van der Waals surface area contributed by atoms with Gasteiger partial charge in [-0.25, -0.2) is 0 Å². The highest BCUT2D eigenvalue weighted by Crippen LogP contribution is 2.38. The van der Waals surface area contributed by atoms with E-state index in [4.69, 9.17) is 14.9 Å². The molecule has 0 bridgehead atoms. The van der Waals surface area contributed by atoms with Crippen molar-refractivity contribution in [2.45, 2.75) is 32.3 Å². The Morgan fingerprint density at radius 3 is 2.38 bits per heavy atom. The third-order valence-electron chi connectivity index (χ3n) is 5.51. The predicted octanol–water partition coefficient (Wildman–Crippen LogP) is 4.85. The van der Waals surface area contributed by atoms with Gasteiger partial charge in [-0.1, -0.05) is 30.3 Å². The maximum absolute atomic E-state index is 13.4. The van der Waals surface area contributed by atoms with E-state index in [9.17, 15) is 19.8 Å². The number of primary amides is 1. The first kappa shape index (κ1) is 22.9. The van der Waals surface area contributed by atoms with E-state index in [-0.39, 0.29) is 42.0 Å². The van der Waals surface area contributed by atoms with Gasteiger partial charge in [-0.3, -0.25) is 9.59 Å². The van der Waals surface area contributed by atoms with Crippen molar-refractivity contribution < 1.29 is 29.0 Å². The van der Waals surface area contributed by atoms with Crippen molar-refractivity contribution in [2.24, 2.45) is 5.73 Å². The summed E-state index contributed by atoms with van der Waals surface area (Å²) >= 11 is 0. The zero-order valence-corrected chi connectivity index (χ0v) is 18.5. The number of unbranched alkanes of at least 4 members (excludes halogenated alkanes) is 1. The largest absolute Gasteiger partial charge is 0.508 e. The number of fused-ring (bicyclic) bond motifs is 1. The second kappa shape index (κ2) is 10.1. The fourth-order valence-electron chi connectivity index (χ4n) is 3.78. The van der Waals surface area contributed by atoms with Crippen LogP contribution in [0.15, 0.2) is 71.1 Å². The average Bonchev–Trinajstić information content (AvgIpc) is 3.17. The number of ketones is 1. The van der Waals surface area contributed by atoms with Crippen LogP contribution in [-0.4, -0.2) is 21.9 Å². The summed E-state index contributed by atoms with van der Waals surface area (Å²) in [6.45, 7) is 0.264. The van der Waals surface area contributed by atoms with Crippen LogP contribution in [0.2, 0.25) is 0 Å². The lowest BCUT2D eigenvalue weighted by molar-refractivity contribution is -0.118. The van der Waals surface area contributed by atoms with Crippen LogP contribution in [0.1, 0.15) is 46.5 Å². The number of nitrogens with two attached hydrogens (primary N) is 1. The number of carbonyl (C=O) groups excluding carboxylic acids is 2. The molecule has 0 saturated carbocycles. The Balaban J connectivity index is 1.68. The minimum atomic E-state index is -0.380. The van der Waals surface area contributed by atoms with Gasteiger partial charge in [0.25, 0.3) is 0 Å². The summed E-state index contributed by atoms with van der Waals surface area (Å²) in [4.78, 5) is 24.4. The highest BCUT2D eigenvalue weighted by Gasteiger charge is 2.24. The monoisotopic (exact) mass is 459 g/mol. The van der Waals surface area contributed by atoms with Crippen molar-refractivity contribution in [2.75, 3.05) is 0 Å². The zero-order valence-electron chi connectivity index (χ0n) is 18.5. The van der Waals surface area contributed by atoms with Gasteiger partial charge in [0.2, 0.25) is 5.91 Å². The number of amides is 1. The zero-order chi connectivity index (χ0) is 24.1. The van der Waals surface area contributed by atoms with Crippen molar-refractivity contribution >= 4 is 22.7 Å². The summed E-state index contributed by atoms with van der Waals surface area (Å²) in [7, 11) is 0. The van der Waals surface area contributed by atoms with Crippen LogP contribution in [0, 0.1) is 0 Å². The Bertz CT molecular complexity index is 1310. The Morgan fingerprint density at radius 2 is 1.68 bits per heavy atom. The van der Waals surface area contributed by atoms with Gasteiger partial charge in [-0.15, -0.1) is 0 Å². The number of carbonyl (C=O) groups is 2. The summed E-state index contributed by atoms with van der Waals surface area (Å²) < 4.78 is 11.8. The molecule has 0 radical (unpaired) electrons. The molecule has 34 heavy (non-hydrogen) atoms. The van der Waals surface area contributed by atoms with Crippen LogP contribution < -0.4 is 10.5 Å². The summed E-state index contributed by atoms with van der Waals surface area (Å²) in [5.74, 6) is -0.0234. The van der Waals surface area contributed by atoms with Gasteiger partial charge in [0, 0.05) is 29.9 Å². The molecule has 4 aromatic rings. The smallest absolute Gasteiger partial charge is 0.217 e. The average molecular weight is 459 g/mol. The van der Waals surface area contributed by atoms with Gasteiger partial charge in [0.15, 0.2) is 17.3 Å². The van der Waals surface area contributed by atoms with Crippen molar-refractivity contribution in [3.8, 4) is 17.2 Å². The van der Waals surface area contributed by atoms with Crippen LogP contribution in [0.4, 0.5) is 0 Å². The molecule has 3 aromatic carbocycles. The topological polar surface area (TPSA) is 123 Å². The van der Waals surface area contributed by atoms with E-state index in [2.05, 4.69) is 0 Å². The van der Waals surface area contributed by atoms with Gasteiger partial charge >= 0.3 is 0 Å². The number of hydrogen-bond donors (Lipinski definition) is 3. The summed E-state index contributed by atoms with van der Waals surface area (Å²) in [6, 6.07) is 18.5. The number of phenols is 2. The molecule has 7 heteroatoms. The number of rotatable bonds is 10. The van der Waals surface area contributed by atoms with Crippen LogP contribution in [0.5, 0.6) is 17.2 Å². The molecular formula is C27H25NO6. The molecule has 0 unspecified atom stereocenters. The number of ether oxygens (including phenoxy) is 1. The molecule has 1 amide bonds. The summed E-state index contributed by atoms with van der Waals surface area (Å²) in [5, 5.41) is 20.7. The molecule has 0 aliphatic heterocycles. The fraction of sp³-hybridized carbons (Fsp3) is 0.185. The second-order valence-electron chi connectivity index (χ2n) is 8.04. The van der Waals surface area contributed by atoms with E-state index in [1.54, 1.807) is 6.07 Å². The number of furan rings is 1. The van der Waals surface area contributed by atoms with E-state index in [0.717, 1.165) is 5.56 Å². The molecule has 0 spiro atoms. The quantitative estimate of drug-likeness (QED) is 0.230. The van der Waals surface area contributed by atoms with Crippen LogP contribution in [-0.2, 0) is 17.8 Å². The lowest BCUT2D eigenvalue weighted by Gasteiger charge is -2.08. The maximum Gasteiger partial charge on any atom is 0.217 e. The first-order chi connectivity index (χ1) is 16.4. The molecule has 4 N–H and O–H groups in total. The molecule has 7 nitrogen and oxygen atoms in total. The number of benzene rings is 3. The van der Waals surface area contributed by atoms with Crippen molar-refractivity contribution in [3.05, 3.63) is 89.2 Å². The molecule has 0 saturated heterocycles. The Labute approximate surface area is 196 Å². The number of aromatic hydroxyl groups is 2. The van der Waals surface area contributed by atoms with Crippen LogP contribution >= 0.6 is 0 Å². The summed E-state index contributed by atoms with van der Waals surface area (Å²) in [6.07, 6.45) is 1.83. The first-order valence-corrected chi connectivity index (χ1v) is 11.0. The molecular weight excluding hydrogens is 434 g/mol.